The average molecular weight is 255 g/mol. The smallest absolute Gasteiger partial charge is 0.273 e. The molecule has 1 amide bonds. The van der Waals surface area contributed by atoms with Crippen LogP contribution < -0.4 is 11.1 Å². The second kappa shape index (κ2) is 7.13. The summed E-state index contributed by atoms with van der Waals surface area (Å²) in [6, 6.07) is -0.288. The SMILES string of the molecule is CC(C)CC(N)c1nc(C(=O)NCCCO)co1. The quantitative estimate of drug-likeness (QED) is 0.626. The first kappa shape index (κ1) is 14.7. The van der Waals surface area contributed by atoms with Gasteiger partial charge in [0.2, 0.25) is 5.89 Å². The zero-order valence-electron chi connectivity index (χ0n) is 10.8. The molecular weight excluding hydrogens is 234 g/mol. The summed E-state index contributed by atoms with van der Waals surface area (Å²) in [4.78, 5) is 15.7. The molecule has 102 valence electrons. The molecular formula is C12H21N3O3. The number of aliphatic hydroxyl groups is 1. The first-order chi connectivity index (χ1) is 8.54. The summed E-state index contributed by atoms with van der Waals surface area (Å²) >= 11 is 0. The summed E-state index contributed by atoms with van der Waals surface area (Å²) in [5.41, 5.74) is 6.13. The molecule has 0 aromatic carbocycles. The molecule has 4 N–H and O–H groups in total. The number of aliphatic hydroxyl groups excluding tert-OH is 1. The highest BCUT2D eigenvalue weighted by Gasteiger charge is 2.17. The van der Waals surface area contributed by atoms with Crippen LogP contribution in [0.3, 0.4) is 0 Å². The molecule has 1 heterocycles. The Balaban J connectivity index is 2.54. The van der Waals surface area contributed by atoms with E-state index in [0.29, 0.717) is 24.8 Å². The van der Waals surface area contributed by atoms with Crippen LogP contribution in [0.1, 0.15) is 49.1 Å². The first-order valence-electron chi connectivity index (χ1n) is 6.14. The van der Waals surface area contributed by atoms with E-state index >= 15 is 0 Å². The van der Waals surface area contributed by atoms with Gasteiger partial charge in [0.15, 0.2) is 5.69 Å². The van der Waals surface area contributed by atoms with E-state index in [-0.39, 0.29) is 24.2 Å². The van der Waals surface area contributed by atoms with E-state index in [2.05, 4.69) is 24.1 Å². The van der Waals surface area contributed by atoms with Gasteiger partial charge in [-0.2, -0.15) is 0 Å². The third kappa shape index (κ3) is 4.46. The fraction of sp³-hybridized carbons (Fsp3) is 0.667. The lowest BCUT2D eigenvalue weighted by Crippen LogP contribution is -2.25. The molecule has 6 heteroatoms. The van der Waals surface area contributed by atoms with E-state index in [1.807, 2.05) is 0 Å². The van der Waals surface area contributed by atoms with Crippen molar-refractivity contribution >= 4 is 5.91 Å². The predicted octanol–water partition coefficient (Wildman–Crippen LogP) is 0.833. The van der Waals surface area contributed by atoms with E-state index in [9.17, 15) is 4.79 Å². The normalized spacial score (nSPS) is 12.7. The summed E-state index contributed by atoms with van der Waals surface area (Å²) in [5, 5.41) is 11.2. The maximum absolute atomic E-state index is 11.6. The van der Waals surface area contributed by atoms with Gasteiger partial charge in [0.05, 0.1) is 6.04 Å². The van der Waals surface area contributed by atoms with Crippen molar-refractivity contribution in [2.24, 2.45) is 11.7 Å². The Morgan fingerprint density at radius 1 is 1.61 bits per heavy atom. The molecule has 1 atom stereocenters. The number of oxazole rings is 1. The molecule has 1 aromatic heterocycles. The molecule has 0 aliphatic heterocycles. The summed E-state index contributed by atoms with van der Waals surface area (Å²) in [7, 11) is 0. The van der Waals surface area contributed by atoms with Crippen LogP contribution in [0.25, 0.3) is 0 Å². The number of nitrogens with two attached hydrogens (primary N) is 1. The fourth-order valence-electron chi connectivity index (χ4n) is 1.54. The van der Waals surface area contributed by atoms with E-state index in [4.69, 9.17) is 15.3 Å². The second-order valence-electron chi connectivity index (χ2n) is 4.64. The Labute approximate surface area is 107 Å². The summed E-state index contributed by atoms with van der Waals surface area (Å²) in [6.07, 6.45) is 2.58. The third-order valence-electron chi connectivity index (χ3n) is 2.42. The van der Waals surface area contributed by atoms with Gasteiger partial charge >= 0.3 is 0 Å². The van der Waals surface area contributed by atoms with Crippen molar-refractivity contribution in [3.63, 3.8) is 0 Å². The van der Waals surface area contributed by atoms with Crippen molar-refractivity contribution in [1.82, 2.24) is 10.3 Å². The number of aromatic nitrogens is 1. The van der Waals surface area contributed by atoms with Gasteiger partial charge < -0.3 is 20.6 Å². The van der Waals surface area contributed by atoms with Crippen molar-refractivity contribution in [2.75, 3.05) is 13.2 Å². The van der Waals surface area contributed by atoms with Crippen LogP contribution in [-0.4, -0.2) is 29.1 Å². The lowest BCUT2D eigenvalue weighted by molar-refractivity contribution is 0.0946. The van der Waals surface area contributed by atoms with Crippen LogP contribution in [0.5, 0.6) is 0 Å². The van der Waals surface area contributed by atoms with Crippen LogP contribution in [0, 0.1) is 5.92 Å². The van der Waals surface area contributed by atoms with Crippen LogP contribution >= 0.6 is 0 Å². The largest absolute Gasteiger partial charge is 0.446 e. The maximum atomic E-state index is 11.6. The standard InChI is InChI=1S/C12H21N3O3/c1-8(2)6-9(13)12-15-10(7-18-12)11(17)14-4-3-5-16/h7-9,16H,3-6,13H2,1-2H3,(H,14,17). The molecule has 0 fully saturated rings. The zero-order valence-corrected chi connectivity index (χ0v) is 10.8. The molecule has 18 heavy (non-hydrogen) atoms. The Morgan fingerprint density at radius 3 is 2.94 bits per heavy atom. The first-order valence-corrected chi connectivity index (χ1v) is 6.14. The number of hydrogen-bond donors (Lipinski definition) is 3. The van der Waals surface area contributed by atoms with Crippen molar-refractivity contribution < 1.29 is 14.3 Å². The van der Waals surface area contributed by atoms with Gasteiger partial charge in [-0.15, -0.1) is 0 Å². The Kier molecular flexibility index (Phi) is 5.80. The predicted molar refractivity (Wildman–Crippen MR) is 66.9 cm³/mol. The Morgan fingerprint density at radius 2 is 2.33 bits per heavy atom. The number of rotatable bonds is 7. The minimum atomic E-state index is -0.310. The summed E-state index contributed by atoms with van der Waals surface area (Å²) in [6.45, 7) is 4.58. The highest BCUT2D eigenvalue weighted by Crippen LogP contribution is 2.17. The molecule has 0 saturated heterocycles. The lowest BCUT2D eigenvalue weighted by Gasteiger charge is -2.09. The van der Waals surface area contributed by atoms with Crippen molar-refractivity contribution in [2.45, 2.75) is 32.7 Å². The highest BCUT2D eigenvalue weighted by molar-refractivity contribution is 5.91. The average Bonchev–Trinajstić information content (AvgIpc) is 2.77. The number of hydrogen-bond acceptors (Lipinski definition) is 5. The van der Waals surface area contributed by atoms with Crippen LogP contribution in [0.4, 0.5) is 0 Å². The highest BCUT2D eigenvalue weighted by atomic mass is 16.3. The molecule has 0 saturated carbocycles. The minimum Gasteiger partial charge on any atom is -0.446 e. The molecule has 0 aliphatic rings. The van der Waals surface area contributed by atoms with E-state index in [0.717, 1.165) is 6.42 Å². The molecule has 1 rings (SSSR count). The third-order valence-corrected chi connectivity index (χ3v) is 2.42. The number of nitrogens with one attached hydrogen (secondary N) is 1. The van der Waals surface area contributed by atoms with Crippen molar-refractivity contribution in [3.8, 4) is 0 Å². The zero-order chi connectivity index (χ0) is 13.5. The Bertz CT molecular complexity index is 376. The van der Waals surface area contributed by atoms with Gasteiger partial charge in [-0.1, -0.05) is 13.8 Å². The minimum absolute atomic E-state index is 0.0452. The van der Waals surface area contributed by atoms with E-state index in [1.54, 1.807) is 0 Å². The van der Waals surface area contributed by atoms with Gasteiger partial charge in [0.25, 0.3) is 5.91 Å². The number of nitrogens with zero attached hydrogens (tertiary/aromatic N) is 1. The molecule has 0 spiro atoms. The second-order valence-corrected chi connectivity index (χ2v) is 4.64. The molecule has 1 aromatic rings. The van der Waals surface area contributed by atoms with Gasteiger partial charge in [0.1, 0.15) is 6.26 Å². The number of carbonyl (C=O) groups excluding carboxylic acids is 1. The number of amides is 1. The van der Waals surface area contributed by atoms with Crippen LogP contribution in [-0.2, 0) is 0 Å². The van der Waals surface area contributed by atoms with Gasteiger partial charge in [0, 0.05) is 13.2 Å². The molecule has 6 nitrogen and oxygen atoms in total. The molecule has 1 unspecified atom stereocenters. The maximum Gasteiger partial charge on any atom is 0.273 e. The summed E-state index contributed by atoms with van der Waals surface area (Å²) in [5.74, 6) is 0.514. The topological polar surface area (TPSA) is 101 Å². The van der Waals surface area contributed by atoms with Gasteiger partial charge in [-0.05, 0) is 18.8 Å². The number of carbonyl (C=O) groups is 1. The fourth-order valence-corrected chi connectivity index (χ4v) is 1.54. The molecule has 0 bridgehead atoms. The van der Waals surface area contributed by atoms with E-state index < -0.39 is 0 Å². The van der Waals surface area contributed by atoms with Crippen LogP contribution in [0.15, 0.2) is 10.7 Å². The van der Waals surface area contributed by atoms with E-state index in [1.165, 1.54) is 6.26 Å². The molecule has 0 aliphatic carbocycles. The van der Waals surface area contributed by atoms with Crippen molar-refractivity contribution in [3.05, 3.63) is 17.8 Å². The van der Waals surface area contributed by atoms with Crippen LogP contribution in [0.2, 0.25) is 0 Å². The monoisotopic (exact) mass is 255 g/mol. The van der Waals surface area contributed by atoms with Crippen molar-refractivity contribution in [1.29, 1.82) is 0 Å². The van der Waals surface area contributed by atoms with Gasteiger partial charge in [-0.25, -0.2) is 4.98 Å². The Hall–Kier alpha value is -1.40. The summed E-state index contributed by atoms with van der Waals surface area (Å²) < 4.78 is 5.21. The lowest BCUT2D eigenvalue weighted by atomic mass is 10.0. The molecule has 0 radical (unpaired) electrons. The van der Waals surface area contributed by atoms with Gasteiger partial charge in [-0.3, -0.25) is 4.79 Å².